The molecule has 2 aliphatic rings. The second-order valence-electron chi connectivity index (χ2n) is 18.2. The van der Waals surface area contributed by atoms with Gasteiger partial charge in [-0.05, 0) is 104 Å². The standard InChI is InChI=1S/C57H47NS/c1-55(2,3)37-30-32-45-48(34-37)56(4,5)47-26-16-23-43(53(45)47)41-21-11-14-27-50(41)58(51-28-17-24-44-42-22-12-15-29-52(42)59-54(44)51)38-31-33-40-39-20-10-13-25-46(39)57(6,49(40)35-38)36-18-8-7-9-19-36/h7-35H,1-6H3. The fourth-order valence-electron chi connectivity index (χ4n) is 10.4. The molecule has 0 N–H and O–H groups in total. The Morgan fingerprint density at radius 1 is 0.458 bits per heavy atom. The first kappa shape index (κ1) is 35.9. The Morgan fingerprint density at radius 2 is 1.08 bits per heavy atom. The molecule has 1 atom stereocenters. The topological polar surface area (TPSA) is 3.24 Å². The third-order valence-corrected chi connectivity index (χ3v) is 14.7. The summed E-state index contributed by atoms with van der Waals surface area (Å²) in [7, 11) is 0. The molecule has 0 radical (unpaired) electrons. The molecule has 0 fully saturated rings. The van der Waals surface area contributed by atoms with Gasteiger partial charge >= 0.3 is 0 Å². The fourth-order valence-corrected chi connectivity index (χ4v) is 11.6. The summed E-state index contributed by atoms with van der Waals surface area (Å²) in [5.74, 6) is 0. The molecule has 1 nitrogen and oxygen atoms in total. The summed E-state index contributed by atoms with van der Waals surface area (Å²) >= 11 is 1.89. The van der Waals surface area contributed by atoms with Gasteiger partial charge in [-0.25, -0.2) is 0 Å². The molecule has 59 heavy (non-hydrogen) atoms. The van der Waals surface area contributed by atoms with Gasteiger partial charge < -0.3 is 4.90 Å². The van der Waals surface area contributed by atoms with Crippen LogP contribution in [-0.4, -0.2) is 0 Å². The van der Waals surface area contributed by atoms with Crippen LogP contribution in [0.15, 0.2) is 176 Å². The molecule has 9 aromatic rings. The zero-order chi connectivity index (χ0) is 40.3. The van der Waals surface area contributed by atoms with E-state index in [2.05, 4.69) is 222 Å². The van der Waals surface area contributed by atoms with E-state index >= 15 is 0 Å². The van der Waals surface area contributed by atoms with E-state index in [0.717, 1.165) is 5.69 Å². The molecule has 0 bridgehead atoms. The molecule has 286 valence electrons. The molecular formula is C57H47NS. The molecule has 0 aliphatic heterocycles. The lowest BCUT2D eigenvalue weighted by Crippen LogP contribution is -2.23. The number of thiophene rings is 1. The number of para-hydroxylation sites is 1. The first-order valence-electron chi connectivity index (χ1n) is 20.9. The fraction of sp³-hybridized carbons (Fsp3) is 0.158. The van der Waals surface area contributed by atoms with Gasteiger partial charge in [-0.2, -0.15) is 0 Å². The Labute approximate surface area is 352 Å². The normalized spacial score (nSPS) is 16.2. The van der Waals surface area contributed by atoms with Crippen LogP contribution < -0.4 is 4.90 Å². The Kier molecular flexibility index (Phi) is 7.84. The molecule has 1 heterocycles. The first-order chi connectivity index (χ1) is 28.5. The van der Waals surface area contributed by atoms with Gasteiger partial charge in [0.15, 0.2) is 0 Å². The molecule has 1 unspecified atom stereocenters. The van der Waals surface area contributed by atoms with E-state index in [1.807, 2.05) is 11.3 Å². The average Bonchev–Trinajstić information content (AvgIpc) is 3.85. The number of benzene rings is 8. The highest BCUT2D eigenvalue weighted by atomic mass is 32.1. The van der Waals surface area contributed by atoms with Crippen LogP contribution >= 0.6 is 11.3 Å². The lowest BCUT2D eigenvalue weighted by molar-refractivity contribution is 0.584. The van der Waals surface area contributed by atoms with E-state index in [-0.39, 0.29) is 16.2 Å². The molecule has 8 aromatic carbocycles. The van der Waals surface area contributed by atoms with E-state index in [9.17, 15) is 0 Å². The number of rotatable bonds is 5. The Hall–Kier alpha value is -6.22. The van der Waals surface area contributed by atoms with Gasteiger partial charge in [0, 0.05) is 37.6 Å². The van der Waals surface area contributed by atoms with Gasteiger partial charge in [0.05, 0.1) is 16.1 Å². The highest BCUT2D eigenvalue weighted by Crippen LogP contribution is 2.57. The van der Waals surface area contributed by atoms with E-state index < -0.39 is 0 Å². The van der Waals surface area contributed by atoms with Crippen molar-refractivity contribution < 1.29 is 0 Å². The predicted octanol–water partition coefficient (Wildman–Crippen LogP) is 16.1. The number of nitrogens with zero attached hydrogens (tertiary/aromatic N) is 1. The lowest BCUT2D eigenvalue weighted by Gasteiger charge is -2.32. The van der Waals surface area contributed by atoms with E-state index in [4.69, 9.17) is 0 Å². The smallest absolute Gasteiger partial charge is 0.0640 e. The minimum atomic E-state index is -0.320. The summed E-state index contributed by atoms with van der Waals surface area (Å²) in [4.78, 5) is 2.56. The van der Waals surface area contributed by atoms with Crippen LogP contribution in [0.3, 0.4) is 0 Å². The van der Waals surface area contributed by atoms with Crippen molar-refractivity contribution in [3.8, 4) is 33.4 Å². The maximum atomic E-state index is 2.56. The van der Waals surface area contributed by atoms with Crippen LogP contribution in [0.2, 0.25) is 0 Å². The molecule has 0 saturated carbocycles. The van der Waals surface area contributed by atoms with E-state index in [1.165, 1.54) is 98.3 Å². The second-order valence-corrected chi connectivity index (χ2v) is 19.3. The molecule has 2 aliphatic carbocycles. The largest absolute Gasteiger partial charge is 0.308 e. The number of anilines is 3. The number of hydrogen-bond acceptors (Lipinski definition) is 2. The molecule has 0 amide bonds. The number of fused-ring (bicyclic) bond motifs is 9. The Bertz CT molecular complexity index is 3140. The summed E-state index contributed by atoms with van der Waals surface area (Å²) < 4.78 is 2.59. The predicted molar refractivity (Wildman–Crippen MR) is 253 cm³/mol. The molecule has 0 saturated heterocycles. The summed E-state index contributed by atoms with van der Waals surface area (Å²) in [6.07, 6.45) is 0. The molecule has 2 heteroatoms. The monoisotopic (exact) mass is 777 g/mol. The van der Waals surface area contributed by atoms with Crippen molar-refractivity contribution in [2.75, 3.05) is 4.90 Å². The third-order valence-electron chi connectivity index (χ3n) is 13.5. The quantitative estimate of drug-likeness (QED) is 0.168. The zero-order valence-electron chi connectivity index (χ0n) is 34.6. The summed E-state index contributed by atoms with van der Waals surface area (Å²) in [6.45, 7) is 14.2. The van der Waals surface area contributed by atoms with Gasteiger partial charge in [0.1, 0.15) is 0 Å². The maximum Gasteiger partial charge on any atom is 0.0640 e. The summed E-state index contributed by atoms with van der Waals surface area (Å²) in [5.41, 5.74) is 19.1. The van der Waals surface area contributed by atoms with Crippen molar-refractivity contribution in [3.63, 3.8) is 0 Å². The van der Waals surface area contributed by atoms with Gasteiger partial charge in [-0.15, -0.1) is 11.3 Å². The third kappa shape index (κ3) is 5.22. The molecular weight excluding hydrogens is 731 g/mol. The lowest BCUT2D eigenvalue weighted by atomic mass is 9.74. The van der Waals surface area contributed by atoms with Gasteiger partial charge in [0.25, 0.3) is 0 Å². The molecule has 0 spiro atoms. The van der Waals surface area contributed by atoms with Crippen LogP contribution in [0.1, 0.15) is 74.9 Å². The molecule has 11 rings (SSSR count). The highest BCUT2D eigenvalue weighted by Gasteiger charge is 2.42. The van der Waals surface area contributed by atoms with E-state index in [1.54, 1.807) is 0 Å². The van der Waals surface area contributed by atoms with Crippen LogP contribution in [-0.2, 0) is 16.2 Å². The van der Waals surface area contributed by atoms with Crippen molar-refractivity contribution >= 4 is 48.6 Å². The van der Waals surface area contributed by atoms with E-state index in [0.29, 0.717) is 0 Å². The van der Waals surface area contributed by atoms with Gasteiger partial charge in [-0.3, -0.25) is 0 Å². The first-order valence-corrected chi connectivity index (χ1v) is 21.8. The SMILES string of the molecule is CC(C)(C)c1ccc2c(c1)C(C)(C)c1cccc(-c3ccccc3N(c3ccc4c(c3)C(C)(c3ccccc3)c3ccccc3-4)c3cccc4c3sc3ccccc34)c1-2. The van der Waals surface area contributed by atoms with Crippen LogP contribution in [0.5, 0.6) is 0 Å². The van der Waals surface area contributed by atoms with Crippen LogP contribution in [0.4, 0.5) is 17.1 Å². The second kappa shape index (κ2) is 12.9. The van der Waals surface area contributed by atoms with Gasteiger partial charge in [0.2, 0.25) is 0 Å². The van der Waals surface area contributed by atoms with Crippen molar-refractivity contribution in [3.05, 3.63) is 209 Å². The van der Waals surface area contributed by atoms with Crippen molar-refractivity contribution in [1.82, 2.24) is 0 Å². The van der Waals surface area contributed by atoms with Gasteiger partial charge in [-0.1, -0.05) is 180 Å². The maximum absolute atomic E-state index is 2.56. The molecule has 1 aromatic heterocycles. The minimum absolute atomic E-state index is 0.0667. The average molecular weight is 778 g/mol. The van der Waals surface area contributed by atoms with Crippen molar-refractivity contribution in [1.29, 1.82) is 0 Å². The summed E-state index contributed by atoms with van der Waals surface area (Å²) in [6, 6.07) is 66.3. The Morgan fingerprint density at radius 3 is 1.92 bits per heavy atom. The Balaban J connectivity index is 1.19. The zero-order valence-corrected chi connectivity index (χ0v) is 35.4. The van der Waals surface area contributed by atoms with Crippen LogP contribution in [0.25, 0.3) is 53.6 Å². The van der Waals surface area contributed by atoms with Crippen LogP contribution in [0, 0.1) is 0 Å². The minimum Gasteiger partial charge on any atom is -0.308 e. The van der Waals surface area contributed by atoms with Crippen molar-refractivity contribution in [2.24, 2.45) is 0 Å². The number of hydrogen-bond donors (Lipinski definition) is 0. The summed E-state index contributed by atoms with van der Waals surface area (Å²) in [5, 5.41) is 2.59. The van der Waals surface area contributed by atoms with Crippen molar-refractivity contribution in [2.45, 2.75) is 57.8 Å². The highest BCUT2D eigenvalue weighted by molar-refractivity contribution is 7.26.